The highest BCUT2D eigenvalue weighted by atomic mass is 35.5. The Hall–Kier alpha value is -0.500. The van der Waals surface area contributed by atoms with Crippen molar-refractivity contribution < 1.29 is 4.84 Å². The second-order valence-corrected chi connectivity index (χ2v) is 1.04. The Morgan fingerprint density at radius 2 is 2.57 bits per heavy atom. The van der Waals surface area contributed by atoms with Gasteiger partial charge < -0.3 is 4.84 Å². The van der Waals surface area contributed by atoms with Crippen LogP contribution in [0.25, 0.3) is 0 Å². The summed E-state index contributed by atoms with van der Waals surface area (Å²) in [6.45, 7) is 3.48. The van der Waals surface area contributed by atoms with Gasteiger partial charge in [-0.05, 0) is 6.08 Å². The van der Waals surface area contributed by atoms with Crippen LogP contribution >= 0.6 is 11.6 Å². The molecule has 0 aromatic carbocycles. The zero-order chi connectivity index (χ0) is 5.54. The van der Waals surface area contributed by atoms with E-state index < -0.39 is 0 Å². The van der Waals surface area contributed by atoms with Gasteiger partial charge in [-0.15, -0.1) is 5.16 Å². The molecule has 0 fully saturated rings. The lowest BCUT2D eigenvalue weighted by Gasteiger charge is -1.85. The third kappa shape index (κ3) is 5.50. The van der Waals surface area contributed by atoms with Crippen LogP contribution in [-0.2, 0) is 4.84 Å². The first kappa shape index (κ1) is 6.50. The van der Waals surface area contributed by atoms with Crippen molar-refractivity contribution >= 4 is 18.3 Å². The summed E-state index contributed by atoms with van der Waals surface area (Å²) in [7, 11) is 0. The molecule has 0 atom stereocenters. The van der Waals surface area contributed by atoms with Crippen LogP contribution in [-0.4, -0.2) is 13.3 Å². The lowest BCUT2D eigenvalue weighted by atomic mass is 10.7. The molecule has 0 N–H and O–H groups in total. The predicted octanol–water partition coefficient (Wildman–Crippen LogP) is 1.37. The normalized spacial score (nSPS) is 9.29. The summed E-state index contributed by atoms with van der Waals surface area (Å²) in [6.07, 6.45) is 1.62. The average molecular weight is 120 g/mol. The number of hydrogen-bond acceptors (Lipinski definition) is 2. The molecule has 0 spiro atoms. The fourth-order valence-electron chi connectivity index (χ4n) is 0.132. The SMILES string of the molecule is C=NOC/C=C\Cl. The molecule has 3 heteroatoms. The fourth-order valence-corrected chi connectivity index (χ4v) is 0.205. The second kappa shape index (κ2) is 5.50. The molecule has 0 radical (unpaired) electrons. The highest BCUT2D eigenvalue weighted by Gasteiger charge is 1.67. The smallest absolute Gasteiger partial charge is 0.136 e. The lowest BCUT2D eigenvalue weighted by molar-refractivity contribution is 0.178. The predicted molar refractivity (Wildman–Crippen MR) is 30.5 cm³/mol. The standard InChI is InChI=1S/C4H6ClNO/c1-6-7-4-2-3-5/h2-3H,1,4H2/b3-2-. The van der Waals surface area contributed by atoms with Gasteiger partial charge in [-0.3, -0.25) is 0 Å². The molecule has 0 heterocycles. The van der Waals surface area contributed by atoms with Gasteiger partial charge in [0.2, 0.25) is 0 Å². The Morgan fingerprint density at radius 3 is 3.00 bits per heavy atom. The summed E-state index contributed by atoms with van der Waals surface area (Å²) in [6, 6.07) is 0. The minimum Gasteiger partial charge on any atom is -0.392 e. The molecule has 0 unspecified atom stereocenters. The molecule has 0 aliphatic heterocycles. The highest BCUT2D eigenvalue weighted by molar-refractivity contribution is 6.25. The van der Waals surface area contributed by atoms with Crippen molar-refractivity contribution in [3.05, 3.63) is 11.6 Å². The maximum Gasteiger partial charge on any atom is 0.136 e. The maximum atomic E-state index is 5.11. The van der Waals surface area contributed by atoms with E-state index in [1.54, 1.807) is 6.08 Å². The first-order valence-corrected chi connectivity index (χ1v) is 2.18. The Kier molecular flexibility index (Phi) is 5.11. The maximum absolute atomic E-state index is 5.11. The van der Waals surface area contributed by atoms with Crippen molar-refractivity contribution in [3.8, 4) is 0 Å². The van der Waals surface area contributed by atoms with Crippen molar-refractivity contribution in [2.24, 2.45) is 5.16 Å². The van der Waals surface area contributed by atoms with Crippen molar-refractivity contribution in [1.82, 2.24) is 0 Å². The molecule has 0 aliphatic carbocycles. The number of halogens is 1. The molecular formula is C4H6ClNO. The van der Waals surface area contributed by atoms with Gasteiger partial charge in [0.15, 0.2) is 0 Å². The van der Waals surface area contributed by atoms with E-state index in [1.165, 1.54) is 5.54 Å². The summed E-state index contributed by atoms with van der Waals surface area (Å²) in [4.78, 5) is 4.42. The molecule has 7 heavy (non-hydrogen) atoms. The molecule has 0 aromatic heterocycles. The van der Waals surface area contributed by atoms with E-state index in [0.29, 0.717) is 6.61 Å². The third-order valence-corrected chi connectivity index (χ3v) is 0.529. The van der Waals surface area contributed by atoms with Gasteiger partial charge in [-0.25, -0.2) is 0 Å². The molecule has 0 saturated heterocycles. The van der Waals surface area contributed by atoms with Gasteiger partial charge in [0.25, 0.3) is 0 Å². The van der Waals surface area contributed by atoms with E-state index in [9.17, 15) is 0 Å². The van der Waals surface area contributed by atoms with Crippen LogP contribution in [0.5, 0.6) is 0 Å². The van der Waals surface area contributed by atoms with Crippen molar-refractivity contribution in [2.75, 3.05) is 6.61 Å². The second-order valence-electron chi connectivity index (χ2n) is 0.787. The van der Waals surface area contributed by atoms with Gasteiger partial charge in [-0.1, -0.05) is 11.6 Å². The number of oxime groups is 1. The summed E-state index contributed by atoms with van der Waals surface area (Å²) in [5.74, 6) is 0. The van der Waals surface area contributed by atoms with Crippen molar-refractivity contribution in [1.29, 1.82) is 0 Å². The van der Waals surface area contributed by atoms with Gasteiger partial charge in [0, 0.05) is 12.3 Å². The first-order valence-electron chi connectivity index (χ1n) is 1.75. The lowest BCUT2D eigenvalue weighted by Crippen LogP contribution is -1.76. The van der Waals surface area contributed by atoms with Crippen molar-refractivity contribution in [3.63, 3.8) is 0 Å². The first-order chi connectivity index (χ1) is 3.41. The van der Waals surface area contributed by atoms with E-state index in [1.807, 2.05) is 0 Å². The molecule has 40 valence electrons. The van der Waals surface area contributed by atoms with Crippen molar-refractivity contribution in [2.45, 2.75) is 0 Å². The van der Waals surface area contributed by atoms with Crippen LogP contribution in [0.15, 0.2) is 16.8 Å². The van der Waals surface area contributed by atoms with Crippen LogP contribution < -0.4 is 0 Å². The molecule has 0 rings (SSSR count). The number of hydrogen-bond donors (Lipinski definition) is 0. The minimum absolute atomic E-state index is 0.396. The Bertz CT molecular complexity index is 72.1. The summed E-state index contributed by atoms with van der Waals surface area (Å²) in [5.41, 5.74) is 1.37. The largest absolute Gasteiger partial charge is 0.392 e. The van der Waals surface area contributed by atoms with Crippen LogP contribution in [0, 0.1) is 0 Å². The number of nitrogens with zero attached hydrogens (tertiary/aromatic N) is 1. The van der Waals surface area contributed by atoms with Gasteiger partial charge in [0.1, 0.15) is 6.61 Å². The average Bonchev–Trinajstić information content (AvgIpc) is 1.69. The Labute approximate surface area is 47.4 Å². The van der Waals surface area contributed by atoms with Crippen LogP contribution in [0.1, 0.15) is 0 Å². The number of rotatable bonds is 3. The zero-order valence-corrected chi connectivity index (χ0v) is 4.56. The minimum atomic E-state index is 0.396. The van der Waals surface area contributed by atoms with Crippen LogP contribution in [0.2, 0.25) is 0 Å². The van der Waals surface area contributed by atoms with E-state index >= 15 is 0 Å². The highest BCUT2D eigenvalue weighted by Crippen LogP contribution is 1.78. The molecular weight excluding hydrogens is 114 g/mol. The molecule has 0 amide bonds. The van der Waals surface area contributed by atoms with Crippen LogP contribution in [0.4, 0.5) is 0 Å². The van der Waals surface area contributed by atoms with Crippen LogP contribution in [0.3, 0.4) is 0 Å². The van der Waals surface area contributed by atoms with E-state index in [0.717, 1.165) is 0 Å². The van der Waals surface area contributed by atoms with Gasteiger partial charge in [0.05, 0.1) is 0 Å². The van der Waals surface area contributed by atoms with E-state index in [-0.39, 0.29) is 0 Å². The molecule has 2 nitrogen and oxygen atoms in total. The Morgan fingerprint density at radius 1 is 1.86 bits per heavy atom. The topological polar surface area (TPSA) is 21.6 Å². The Balaban J connectivity index is 2.82. The summed E-state index contributed by atoms with van der Waals surface area (Å²) >= 11 is 5.11. The molecule has 0 bridgehead atoms. The van der Waals surface area contributed by atoms with E-state index in [4.69, 9.17) is 11.6 Å². The summed E-state index contributed by atoms with van der Waals surface area (Å²) in [5, 5.41) is 3.11. The molecule has 0 aliphatic rings. The monoisotopic (exact) mass is 119 g/mol. The third-order valence-electron chi connectivity index (χ3n) is 0.351. The molecule has 0 aromatic rings. The quantitative estimate of drug-likeness (QED) is 0.312. The van der Waals surface area contributed by atoms with E-state index in [2.05, 4.69) is 16.7 Å². The zero-order valence-electron chi connectivity index (χ0n) is 3.80. The van der Waals surface area contributed by atoms with Gasteiger partial charge >= 0.3 is 0 Å². The summed E-state index contributed by atoms with van der Waals surface area (Å²) < 4.78 is 0. The van der Waals surface area contributed by atoms with Gasteiger partial charge in [-0.2, -0.15) is 0 Å². The molecule has 0 saturated carbocycles. The fraction of sp³-hybridized carbons (Fsp3) is 0.250.